The van der Waals surface area contributed by atoms with Gasteiger partial charge in [-0.05, 0) is 26.8 Å². The van der Waals surface area contributed by atoms with E-state index in [0.717, 1.165) is 12.3 Å². The van der Waals surface area contributed by atoms with E-state index in [4.69, 9.17) is 14.2 Å². The number of aromatic nitrogens is 4. The van der Waals surface area contributed by atoms with Gasteiger partial charge in [0.1, 0.15) is 11.4 Å². The molecular formula is C22H28F3N7O4. The second-order valence-corrected chi connectivity index (χ2v) is 9.20. The third-order valence-electron chi connectivity index (χ3n) is 5.28. The van der Waals surface area contributed by atoms with Crippen molar-refractivity contribution in [3.8, 4) is 11.4 Å². The second-order valence-electron chi connectivity index (χ2n) is 9.20. The van der Waals surface area contributed by atoms with Gasteiger partial charge in [-0.15, -0.1) is 0 Å². The molecule has 2 aliphatic heterocycles. The van der Waals surface area contributed by atoms with Crippen molar-refractivity contribution in [2.75, 3.05) is 67.7 Å². The van der Waals surface area contributed by atoms with Gasteiger partial charge in [-0.1, -0.05) is 0 Å². The fourth-order valence-corrected chi connectivity index (χ4v) is 3.63. The van der Waals surface area contributed by atoms with E-state index in [1.54, 1.807) is 20.8 Å². The number of amides is 1. The summed E-state index contributed by atoms with van der Waals surface area (Å²) >= 11 is 0. The third kappa shape index (κ3) is 6.49. The summed E-state index contributed by atoms with van der Waals surface area (Å²) in [6.07, 6.45) is -4.69. The number of morpholine rings is 2. The van der Waals surface area contributed by atoms with Gasteiger partial charge in [0.25, 0.3) is 0 Å². The molecule has 2 saturated heterocycles. The molecule has 4 rings (SSSR count). The number of pyridine rings is 1. The Balaban J connectivity index is 1.74. The molecule has 0 aliphatic carbocycles. The molecular weight excluding hydrogens is 483 g/mol. The lowest BCUT2D eigenvalue weighted by Gasteiger charge is -2.30. The van der Waals surface area contributed by atoms with E-state index >= 15 is 0 Å². The molecule has 14 heteroatoms. The van der Waals surface area contributed by atoms with E-state index in [1.165, 1.54) is 0 Å². The molecule has 2 aromatic rings. The van der Waals surface area contributed by atoms with E-state index < -0.39 is 23.4 Å². The Bertz CT molecular complexity index is 1050. The van der Waals surface area contributed by atoms with Gasteiger partial charge in [0.05, 0.1) is 37.6 Å². The Morgan fingerprint density at radius 1 is 0.944 bits per heavy atom. The van der Waals surface area contributed by atoms with Crippen LogP contribution in [-0.2, 0) is 20.4 Å². The predicted octanol–water partition coefficient (Wildman–Crippen LogP) is 2.97. The minimum Gasteiger partial charge on any atom is -0.444 e. The highest BCUT2D eigenvalue weighted by Crippen LogP contribution is 2.37. The van der Waals surface area contributed by atoms with Crippen molar-refractivity contribution in [3.05, 3.63) is 17.8 Å². The predicted molar refractivity (Wildman–Crippen MR) is 124 cm³/mol. The number of nitrogens with one attached hydrogen (secondary N) is 1. The maximum absolute atomic E-state index is 14.1. The van der Waals surface area contributed by atoms with Crippen LogP contribution in [0.1, 0.15) is 26.3 Å². The van der Waals surface area contributed by atoms with Gasteiger partial charge in [-0.3, -0.25) is 5.32 Å². The molecule has 0 aromatic carbocycles. The zero-order valence-corrected chi connectivity index (χ0v) is 20.3. The smallest absolute Gasteiger partial charge is 0.417 e. The second kappa shape index (κ2) is 10.4. The molecule has 0 spiro atoms. The highest BCUT2D eigenvalue weighted by Gasteiger charge is 2.36. The minimum atomic E-state index is -4.77. The number of anilines is 3. The first-order chi connectivity index (χ1) is 17.0. The molecule has 0 radical (unpaired) electrons. The molecule has 2 aromatic heterocycles. The molecule has 1 N–H and O–H groups in total. The highest BCUT2D eigenvalue weighted by atomic mass is 19.4. The van der Waals surface area contributed by atoms with E-state index in [9.17, 15) is 18.0 Å². The van der Waals surface area contributed by atoms with Crippen LogP contribution in [-0.4, -0.2) is 84.2 Å². The molecule has 196 valence electrons. The summed E-state index contributed by atoms with van der Waals surface area (Å²) in [5.41, 5.74) is -2.20. The Hall–Kier alpha value is -3.26. The number of nitrogens with zero attached hydrogens (tertiary/aromatic N) is 6. The topological polar surface area (TPSA) is 115 Å². The van der Waals surface area contributed by atoms with Gasteiger partial charge in [0, 0.05) is 32.4 Å². The normalized spacial score (nSPS) is 17.2. The van der Waals surface area contributed by atoms with Gasteiger partial charge in [-0.25, -0.2) is 9.78 Å². The number of ether oxygens (including phenoxy) is 3. The highest BCUT2D eigenvalue weighted by molar-refractivity contribution is 5.84. The average molecular weight is 512 g/mol. The number of rotatable bonds is 4. The third-order valence-corrected chi connectivity index (χ3v) is 5.28. The number of hydrogen-bond donors (Lipinski definition) is 1. The summed E-state index contributed by atoms with van der Waals surface area (Å²) < 4.78 is 58.3. The van der Waals surface area contributed by atoms with Crippen molar-refractivity contribution in [2.24, 2.45) is 0 Å². The lowest BCUT2D eigenvalue weighted by atomic mass is 10.1. The van der Waals surface area contributed by atoms with Crippen molar-refractivity contribution in [2.45, 2.75) is 32.5 Å². The number of carbonyl (C=O) groups is 1. The maximum Gasteiger partial charge on any atom is 0.417 e. The Morgan fingerprint density at radius 3 is 1.94 bits per heavy atom. The van der Waals surface area contributed by atoms with Gasteiger partial charge in [-0.2, -0.15) is 28.1 Å². The first-order valence-corrected chi connectivity index (χ1v) is 11.5. The first kappa shape index (κ1) is 25.8. The monoisotopic (exact) mass is 511 g/mol. The summed E-state index contributed by atoms with van der Waals surface area (Å²) in [5, 5.41) is 2.25. The van der Waals surface area contributed by atoms with Gasteiger partial charge < -0.3 is 24.0 Å². The van der Waals surface area contributed by atoms with Crippen molar-refractivity contribution in [1.29, 1.82) is 0 Å². The van der Waals surface area contributed by atoms with E-state index in [2.05, 4.69) is 25.3 Å². The SMILES string of the molecule is CC(C)(C)OC(=O)Nc1cc(C(F)(F)F)c(-c2nc(N3CCOCC3)nc(N3CCOCC3)n2)cn1. The van der Waals surface area contributed by atoms with Crippen LogP contribution in [0.15, 0.2) is 12.3 Å². The first-order valence-electron chi connectivity index (χ1n) is 11.5. The van der Waals surface area contributed by atoms with Crippen LogP contribution in [0.3, 0.4) is 0 Å². The van der Waals surface area contributed by atoms with Gasteiger partial charge >= 0.3 is 12.3 Å². The van der Waals surface area contributed by atoms with Crippen LogP contribution in [0, 0.1) is 0 Å². The van der Waals surface area contributed by atoms with Crippen molar-refractivity contribution < 1.29 is 32.2 Å². The molecule has 11 nitrogen and oxygen atoms in total. The maximum atomic E-state index is 14.1. The Morgan fingerprint density at radius 2 is 1.47 bits per heavy atom. The lowest BCUT2D eigenvalue weighted by molar-refractivity contribution is -0.137. The quantitative estimate of drug-likeness (QED) is 0.657. The number of carbonyl (C=O) groups excluding carboxylic acids is 1. The van der Waals surface area contributed by atoms with Crippen LogP contribution in [0.5, 0.6) is 0 Å². The van der Waals surface area contributed by atoms with E-state index in [0.29, 0.717) is 52.6 Å². The summed E-state index contributed by atoms with van der Waals surface area (Å²) in [7, 11) is 0. The molecule has 0 atom stereocenters. The zero-order valence-electron chi connectivity index (χ0n) is 20.3. The van der Waals surface area contributed by atoms with Crippen LogP contribution in [0.4, 0.5) is 35.7 Å². The van der Waals surface area contributed by atoms with Crippen LogP contribution >= 0.6 is 0 Å². The molecule has 36 heavy (non-hydrogen) atoms. The van der Waals surface area contributed by atoms with Gasteiger partial charge in [0.2, 0.25) is 11.9 Å². The molecule has 0 bridgehead atoms. The summed E-state index contributed by atoms with van der Waals surface area (Å²) in [6, 6.07) is 0.742. The van der Waals surface area contributed by atoms with E-state index in [-0.39, 0.29) is 29.1 Å². The Kier molecular flexibility index (Phi) is 7.45. The number of halogens is 3. The largest absolute Gasteiger partial charge is 0.444 e. The fraction of sp³-hybridized carbons (Fsp3) is 0.591. The fourth-order valence-electron chi connectivity index (χ4n) is 3.63. The minimum absolute atomic E-state index is 0.170. The van der Waals surface area contributed by atoms with Gasteiger partial charge in [0.15, 0.2) is 5.82 Å². The van der Waals surface area contributed by atoms with Crippen molar-refractivity contribution >= 4 is 23.8 Å². The average Bonchev–Trinajstić information content (AvgIpc) is 2.83. The van der Waals surface area contributed by atoms with Crippen LogP contribution < -0.4 is 15.1 Å². The molecule has 0 unspecified atom stereocenters. The summed E-state index contributed by atoms with van der Waals surface area (Å²) in [4.78, 5) is 33.0. The Labute approximate surface area is 206 Å². The molecule has 1 amide bonds. The summed E-state index contributed by atoms with van der Waals surface area (Å²) in [6.45, 7) is 8.72. The zero-order chi connectivity index (χ0) is 25.9. The summed E-state index contributed by atoms with van der Waals surface area (Å²) in [5.74, 6) is 0.0376. The molecule has 0 saturated carbocycles. The number of hydrogen-bond acceptors (Lipinski definition) is 10. The molecule has 4 heterocycles. The van der Waals surface area contributed by atoms with Crippen LogP contribution in [0.25, 0.3) is 11.4 Å². The molecule has 2 fully saturated rings. The number of alkyl halides is 3. The lowest BCUT2D eigenvalue weighted by Crippen LogP contribution is -2.40. The van der Waals surface area contributed by atoms with Crippen molar-refractivity contribution in [3.63, 3.8) is 0 Å². The van der Waals surface area contributed by atoms with Crippen molar-refractivity contribution in [1.82, 2.24) is 19.9 Å². The standard InChI is InChI=1S/C22H28F3N7O4/c1-21(2,3)36-20(33)27-16-12-15(22(23,24)25)14(13-26-16)17-28-18(31-4-8-34-9-5-31)30-19(29-17)32-6-10-35-11-7-32/h12-13H,4-11H2,1-3H3,(H,26,27,33). The van der Waals surface area contributed by atoms with E-state index in [1.807, 2.05) is 9.80 Å². The van der Waals surface area contributed by atoms with Crippen LogP contribution in [0.2, 0.25) is 0 Å². The molecule has 2 aliphatic rings.